The largest absolute Gasteiger partial charge is 0.450 e. The SMILES string of the molecule is CCOC(=O)N1CCN(C(=O)C(C)n2cc(NC(=O)c3ccc([N+](=O)[O-])cc3)c(C)n2)CC1. The first-order valence-corrected chi connectivity index (χ1v) is 10.5. The summed E-state index contributed by atoms with van der Waals surface area (Å²) in [6, 6.07) is 4.65. The van der Waals surface area contributed by atoms with Crippen molar-refractivity contribution in [3.05, 3.63) is 51.8 Å². The van der Waals surface area contributed by atoms with E-state index in [1.807, 2.05) is 0 Å². The van der Waals surface area contributed by atoms with Gasteiger partial charge in [-0.1, -0.05) is 0 Å². The highest BCUT2D eigenvalue weighted by Crippen LogP contribution is 2.20. The van der Waals surface area contributed by atoms with E-state index in [1.54, 1.807) is 36.8 Å². The van der Waals surface area contributed by atoms with E-state index in [2.05, 4.69) is 10.4 Å². The summed E-state index contributed by atoms with van der Waals surface area (Å²) in [6.45, 7) is 7.05. The molecule has 0 bridgehead atoms. The number of piperazine rings is 1. The Hall–Kier alpha value is -3.96. The van der Waals surface area contributed by atoms with Crippen LogP contribution in [0.4, 0.5) is 16.2 Å². The van der Waals surface area contributed by atoms with Gasteiger partial charge in [0.2, 0.25) is 5.91 Å². The van der Waals surface area contributed by atoms with E-state index >= 15 is 0 Å². The number of nitrogens with one attached hydrogen (secondary N) is 1. The molecule has 33 heavy (non-hydrogen) atoms. The van der Waals surface area contributed by atoms with Gasteiger partial charge in [-0.05, 0) is 32.9 Å². The minimum Gasteiger partial charge on any atom is -0.450 e. The number of carbonyl (C=O) groups excluding carboxylic acids is 3. The molecule has 0 spiro atoms. The molecule has 176 valence electrons. The second kappa shape index (κ2) is 10.1. The lowest BCUT2D eigenvalue weighted by atomic mass is 10.2. The number of aryl methyl sites for hydroxylation is 1. The molecule has 12 heteroatoms. The molecule has 2 aromatic rings. The number of anilines is 1. The van der Waals surface area contributed by atoms with Crippen LogP contribution in [0.25, 0.3) is 0 Å². The van der Waals surface area contributed by atoms with E-state index in [0.717, 1.165) is 0 Å². The lowest BCUT2D eigenvalue weighted by Crippen LogP contribution is -2.52. The number of hydrogen-bond acceptors (Lipinski definition) is 7. The molecule has 1 unspecified atom stereocenters. The lowest BCUT2D eigenvalue weighted by molar-refractivity contribution is -0.384. The third-order valence-electron chi connectivity index (χ3n) is 5.38. The summed E-state index contributed by atoms with van der Waals surface area (Å²) in [4.78, 5) is 50.7. The monoisotopic (exact) mass is 458 g/mol. The first-order chi connectivity index (χ1) is 15.7. The van der Waals surface area contributed by atoms with Crippen LogP contribution >= 0.6 is 0 Å². The number of benzene rings is 1. The van der Waals surface area contributed by atoms with Gasteiger partial charge in [0.1, 0.15) is 6.04 Å². The van der Waals surface area contributed by atoms with Gasteiger partial charge in [0, 0.05) is 50.1 Å². The van der Waals surface area contributed by atoms with Gasteiger partial charge in [0.15, 0.2) is 0 Å². The van der Waals surface area contributed by atoms with Crippen molar-refractivity contribution in [2.45, 2.75) is 26.8 Å². The van der Waals surface area contributed by atoms with Gasteiger partial charge in [-0.15, -0.1) is 0 Å². The molecule has 1 N–H and O–H groups in total. The van der Waals surface area contributed by atoms with Crippen LogP contribution in [-0.2, 0) is 9.53 Å². The van der Waals surface area contributed by atoms with Crippen LogP contribution in [0.15, 0.2) is 30.5 Å². The second-order valence-electron chi connectivity index (χ2n) is 7.55. The topological polar surface area (TPSA) is 140 Å². The highest BCUT2D eigenvalue weighted by Gasteiger charge is 2.29. The Morgan fingerprint density at radius 1 is 1.15 bits per heavy atom. The van der Waals surface area contributed by atoms with E-state index in [-0.39, 0.29) is 23.3 Å². The number of ether oxygens (including phenoxy) is 1. The number of nitrogens with zero attached hydrogens (tertiary/aromatic N) is 5. The van der Waals surface area contributed by atoms with Crippen LogP contribution in [0.5, 0.6) is 0 Å². The highest BCUT2D eigenvalue weighted by molar-refractivity contribution is 6.04. The summed E-state index contributed by atoms with van der Waals surface area (Å²) in [5, 5.41) is 17.8. The van der Waals surface area contributed by atoms with Crippen molar-refractivity contribution in [2.75, 3.05) is 38.1 Å². The molecule has 12 nitrogen and oxygen atoms in total. The molecule has 1 atom stereocenters. The molecule has 1 aromatic heterocycles. The molecular formula is C21H26N6O6. The zero-order valence-corrected chi connectivity index (χ0v) is 18.7. The Balaban J connectivity index is 1.62. The molecule has 1 aromatic carbocycles. The molecule has 3 rings (SSSR count). The molecule has 1 fully saturated rings. The zero-order valence-electron chi connectivity index (χ0n) is 18.7. The fraction of sp³-hybridized carbons (Fsp3) is 0.429. The van der Waals surface area contributed by atoms with Crippen molar-refractivity contribution in [3.63, 3.8) is 0 Å². The van der Waals surface area contributed by atoms with E-state index in [4.69, 9.17) is 4.74 Å². The molecule has 1 saturated heterocycles. The zero-order chi connectivity index (χ0) is 24.1. The molecule has 3 amide bonds. The summed E-state index contributed by atoms with van der Waals surface area (Å²) in [7, 11) is 0. The maximum Gasteiger partial charge on any atom is 0.409 e. The third-order valence-corrected chi connectivity index (χ3v) is 5.38. The van der Waals surface area contributed by atoms with Gasteiger partial charge in [0.05, 0.1) is 22.9 Å². The number of non-ortho nitro benzene ring substituents is 1. The van der Waals surface area contributed by atoms with Crippen molar-refractivity contribution in [2.24, 2.45) is 0 Å². The standard InChI is InChI=1S/C21H26N6O6/c1-4-33-21(30)25-11-9-24(10-12-25)20(29)15(3)26-13-18(14(2)23-26)22-19(28)16-5-7-17(8-6-16)27(31)32/h5-8,13,15H,4,9-12H2,1-3H3,(H,22,28). The van der Waals surface area contributed by atoms with Gasteiger partial charge in [-0.3, -0.25) is 24.4 Å². The summed E-state index contributed by atoms with van der Waals surface area (Å²) >= 11 is 0. The maximum atomic E-state index is 12.9. The Morgan fingerprint density at radius 2 is 1.76 bits per heavy atom. The maximum absolute atomic E-state index is 12.9. The molecule has 1 aliphatic rings. The predicted octanol–water partition coefficient (Wildman–Crippen LogP) is 2.21. The van der Waals surface area contributed by atoms with Crippen LogP contribution in [-0.4, -0.2) is 75.2 Å². The van der Waals surface area contributed by atoms with E-state index in [1.165, 1.54) is 28.9 Å². The van der Waals surface area contributed by atoms with Crippen molar-refractivity contribution in [1.82, 2.24) is 19.6 Å². The van der Waals surface area contributed by atoms with Crippen LogP contribution < -0.4 is 5.32 Å². The minimum absolute atomic E-state index is 0.106. The number of rotatable bonds is 6. The number of nitro benzene ring substituents is 1. The average Bonchev–Trinajstić information content (AvgIpc) is 3.18. The van der Waals surface area contributed by atoms with Crippen LogP contribution in [0, 0.1) is 17.0 Å². The minimum atomic E-state index is -0.608. The van der Waals surface area contributed by atoms with Crippen LogP contribution in [0.1, 0.15) is 35.9 Å². The molecule has 0 saturated carbocycles. The third kappa shape index (κ3) is 5.45. The predicted molar refractivity (Wildman–Crippen MR) is 118 cm³/mol. The van der Waals surface area contributed by atoms with Gasteiger partial charge in [-0.2, -0.15) is 5.10 Å². The Kier molecular flexibility index (Phi) is 7.26. The summed E-state index contributed by atoms with van der Waals surface area (Å²) in [5.74, 6) is -0.587. The van der Waals surface area contributed by atoms with Gasteiger partial charge < -0.3 is 19.9 Å². The Labute approximate surface area is 190 Å². The smallest absolute Gasteiger partial charge is 0.409 e. The van der Waals surface area contributed by atoms with Crippen LogP contribution in [0.2, 0.25) is 0 Å². The number of nitro groups is 1. The highest BCUT2D eigenvalue weighted by atomic mass is 16.6. The summed E-state index contributed by atoms with van der Waals surface area (Å²) in [5.41, 5.74) is 1.12. The van der Waals surface area contributed by atoms with E-state index < -0.39 is 16.9 Å². The fourth-order valence-electron chi connectivity index (χ4n) is 3.43. The Bertz CT molecular complexity index is 1040. The average molecular weight is 458 g/mol. The first kappa shape index (κ1) is 23.7. The second-order valence-corrected chi connectivity index (χ2v) is 7.55. The molecule has 0 radical (unpaired) electrons. The number of amides is 3. The van der Waals surface area contributed by atoms with Crippen LogP contribution in [0.3, 0.4) is 0 Å². The lowest BCUT2D eigenvalue weighted by Gasteiger charge is -2.35. The van der Waals surface area contributed by atoms with E-state index in [0.29, 0.717) is 44.2 Å². The molecule has 0 aliphatic carbocycles. The van der Waals surface area contributed by atoms with Crippen molar-refractivity contribution in [3.8, 4) is 0 Å². The summed E-state index contributed by atoms with van der Waals surface area (Å²) in [6.07, 6.45) is 1.20. The van der Waals surface area contributed by atoms with Crippen molar-refractivity contribution in [1.29, 1.82) is 0 Å². The summed E-state index contributed by atoms with van der Waals surface area (Å²) < 4.78 is 6.48. The molecular weight excluding hydrogens is 432 g/mol. The molecule has 1 aliphatic heterocycles. The van der Waals surface area contributed by atoms with Gasteiger partial charge >= 0.3 is 6.09 Å². The quantitative estimate of drug-likeness (QED) is 0.517. The normalized spacial score (nSPS) is 14.5. The number of aromatic nitrogens is 2. The van der Waals surface area contributed by atoms with Crippen molar-refractivity contribution < 1.29 is 24.0 Å². The first-order valence-electron chi connectivity index (χ1n) is 10.5. The Morgan fingerprint density at radius 3 is 2.33 bits per heavy atom. The van der Waals surface area contributed by atoms with Gasteiger partial charge in [0.25, 0.3) is 11.6 Å². The van der Waals surface area contributed by atoms with Gasteiger partial charge in [-0.25, -0.2) is 4.79 Å². The number of carbonyl (C=O) groups is 3. The fourth-order valence-corrected chi connectivity index (χ4v) is 3.43. The molecule has 2 heterocycles. The van der Waals surface area contributed by atoms with E-state index in [9.17, 15) is 24.5 Å². The van der Waals surface area contributed by atoms with Crippen molar-refractivity contribution >= 4 is 29.3 Å². The number of hydrogen-bond donors (Lipinski definition) is 1.